The molecule has 8 heteroatoms. The minimum absolute atomic E-state index is 0.0315. The van der Waals surface area contributed by atoms with Crippen molar-refractivity contribution >= 4 is 23.5 Å². The zero-order chi connectivity index (χ0) is 22.5. The first-order valence-corrected chi connectivity index (χ1v) is 11.8. The van der Waals surface area contributed by atoms with Gasteiger partial charge in [-0.15, -0.1) is 0 Å². The molecule has 0 spiro atoms. The maximum atomic E-state index is 13.1. The van der Waals surface area contributed by atoms with E-state index in [4.69, 9.17) is 9.47 Å². The number of anilines is 1. The van der Waals surface area contributed by atoms with Gasteiger partial charge in [0.2, 0.25) is 5.91 Å². The second-order valence-electron chi connectivity index (χ2n) is 8.79. The molecule has 1 aromatic carbocycles. The number of hydrogen-bond acceptors (Lipinski definition) is 5. The lowest BCUT2D eigenvalue weighted by Gasteiger charge is -2.36. The number of amides is 4. The second-order valence-corrected chi connectivity index (χ2v) is 8.79. The number of imide groups is 1. The van der Waals surface area contributed by atoms with E-state index < -0.39 is 6.03 Å². The van der Waals surface area contributed by atoms with Gasteiger partial charge in [-0.25, -0.2) is 4.79 Å². The van der Waals surface area contributed by atoms with Gasteiger partial charge in [-0.3, -0.25) is 19.8 Å². The molecule has 0 atom stereocenters. The Morgan fingerprint density at radius 2 is 1.69 bits per heavy atom. The highest BCUT2D eigenvalue weighted by Gasteiger charge is 2.29. The second kappa shape index (κ2) is 10.4. The molecule has 174 valence electrons. The molecule has 4 amide bonds. The molecular formula is C24H33N3O5. The predicted molar refractivity (Wildman–Crippen MR) is 120 cm³/mol. The molecule has 4 rings (SSSR count). The zero-order valence-corrected chi connectivity index (χ0v) is 18.8. The van der Waals surface area contributed by atoms with Gasteiger partial charge in [-0.1, -0.05) is 6.07 Å². The van der Waals surface area contributed by atoms with Gasteiger partial charge in [0.1, 0.15) is 0 Å². The average molecular weight is 444 g/mol. The van der Waals surface area contributed by atoms with E-state index in [9.17, 15) is 14.4 Å². The van der Waals surface area contributed by atoms with E-state index in [-0.39, 0.29) is 24.3 Å². The van der Waals surface area contributed by atoms with Crippen LogP contribution in [0.1, 0.15) is 62.2 Å². The first kappa shape index (κ1) is 22.7. The van der Waals surface area contributed by atoms with E-state index in [0.29, 0.717) is 43.1 Å². The zero-order valence-electron chi connectivity index (χ0n) is 18.8. The Bertz CT molecular complexity index is 829. The van der Waals surface area contributed by atoms with E-state index in [1.54, 1.807) is 24.3 Å². The third-order valence-electron chi connectivity index (χ3n) is 6.60. The van der Waals surface area contributed by atoms with Crippen molar-refractivity contribution in [1.29, 1.82) is 0 Å². The fourth-order valence-electron chi connectivity index (χ4n) is 4.84. The smallest absolute Gasteiger partial charge is 0.328 e. The minimum atomic E-state index is -0.445. The van der Waals surface area contributed by atoms with E-state index in [1.807, 2.05) is 11.8 Å². The number of hydrogen-bond donors (Lipinski definition) is 1. The number of piperidine rings is 1. The maximum absolute atomic E-state index is 13.1. The number of carbonyl (C=O) groups excluding carboxylic acids is 3. The predicted octanol–water partition coefficient (Wildman–Crippen LogP) is 3.10. The normalized spacial score (nSPS) is 25.0. The van der Waals surface area contributed by atoms with Crippen LogP contribution in [0.25, 0.3) is 0 Å². The highest BCUT2D eigenvalue weighted by Crippen LogP contribution is 2.27. The number of likely N-dealkylation sites (tertiary alicyclic amines) is 1. The molecule has 8 nitrogen and oxygen atoms in total. The first-order chi connectivity index (χ1) is 15.5. The van der Waals surface area contributed by atoms with Gasteiger partial charge in [0.05, 0.1) is 18.3 Å². The summed E-state index contributed by atoms with van der Waals surface area (Å²) >= 11 is 0. The summed E-state index contributed by atoms with van der Waals surface area (Å²) in [6.07, 6.45) is 7.05. The molecule has 2 saturated heterocycles. The van der Waals surface area contributed by atoms with Crippen LogP contribution < -0.4 is 10.2 Å². The van der Waals surface area contributed by atoms with Gasteiger partial charge in [0, 0.05) is 43.9 Å². The van der Waals surface area contributed by atoms with Crippen molar-refractivity contribution in [2.45, 2.75) is 70.2 Å². The molecule has 1 N–H and O–H groups in total. The van der Waals surface area contributed by atoms with Gasteiger partial charge in [-0.2, -0.15) is 0 Å². The number of ether oxygens (including phenoxy) is 2. The van der Waals surface area contributed by atoms with Crippen LogP contribution in [0.4, 0.5) is 10.5 Å². The number of urea groups is 1. The number of benzene rings is 1. The van der Waals surface area contributed by atoms with Crippen LogP contribution in [-0.2, 0) is 14.3 Å². The third kappa shape index (κ3) is 5.48. The molecule has 2 aliphatic heterocycles. The van der Waals surface area contributed by atoms with Crippen LogP contribution in [0.5, 0.6) is 0 Å². The molecule has 3 aliphatic rings. The highest BCUT2D eigenvalue weighted by atomic mass is 16.5. The molecule has 0 bridgehead atoms. The minimum Gasteiger partial charge on any atom is -0.379 e. The summed E-state index contributed by atoms with van der Waals surface area (Å²) < 4.78 is 12.1. The monoisotopic (exact) mass is 443 g/mol. The van der Waals surface area contributed by atoms with Crippen molar-refractivity contribution in [3.05, 3.63) is 29.8 Å². The molecule has 1 aliphatic carbocycles. The van der Waals surface area contributed by atoms with Gasteiger partial charge in [0.15, 0.2) is 0 Å². The molecule has 0 aromatic heterocycles. The SMILES string of the molecule is CCOC1CCC(OC2CCN(C(=O)c3cccc(N4CCC(=O)NC4=O)c3)CC2)CC1. The molecule has 2 heterocycles. The molecular weight excluding hydrogens is 410 g/mol. The van der Waals surface area contributed by atoms with E-state index >= 15 is 0 Å². The van der Waals surface area contributed by atoms with Gasteiger partial charge in [-0.05, 0) is 63.6 Å². The number of rotatable bonds is 6. The molecule has 0 unspecified atom stereocenters. The van der Waals surface area contributed by atoms with Gasteiger partial charge < -0.3 is 14.4 Å². The van der Waals surface area contributed by atoms with Crippen LogP contribution in [0.15, 0.2) is 24.3 Å². The van der Waals surface area contributed by atoms with Crippen molar-refractivity contribution in [3.63, 3.8) is 0 Å². The summed E-state index contributed by atoms with van der Waals surface area (Å²) in [5.41, 5.74) is 1.18. The summed E-state index contributed by atoms with van der Waals surface area (Å²) in [5, 5.41) is 2.32. The van der Waals surface area contributed by atoms with Crippen molar-refractivity contribution < 1.29 is 23.9 Å². The maximum Gasteiger partial charge on any atom is 0.328 e. The van der Waals surface area contributed by atoms with E-state index in [0.717, 1.165) is 45.1 Å². The summed E-state index contributed by atoms with van der Waals surface area (Å²) in [4.78, 5) is 39.9. The Balaban J connectivity index is 1.27. The summed E-state index contributed by atoms with van der Waals surface area (Å²) in [6.45, 7) is 4.47. The van der Waals surface area contributed by atoms with Crippen molar-refractivity contribution in [3.8, 4) is 0 Å². The van der Waals surface area contributed by atoms with Crippen LogP contribution in [0, 0.1) is 0 Å². The molecule has 3 fully saturated rings. The lowest BCUT2D eigenvalue weighted by atomic mass is 9.94. The Hall–Kier alpha value is -2.45. The highest BCUT2D eigenvalue weighted by molar-refractivity contribution is 6.06. The van der Waals surface area contributed by atoms with E-state index in [1.165, 1.54) is 4.90 Å². The Labute approximate surface area is 189 Å². The first-order valence-electron chi connectivity index (χ1n) is 11.8. The fraction of sp³-hybridized carbons (Fsp3) is 0.625. The summed E-state index contributed by atoms with van der Waals surface area (Å²) in [7, 11) is 0. The van der Waals surface area contributed by atoms with Crippen LogP contribution in [0.3, 0.4) is 0 Å². The van der Waals surface area contributed by atoms with Crippen LogP contribution >= 0.6 is 0 Å². The van der Waals surface area contributed by atoms with Crippen LogP contribution in [0.2, 0.25) is 0 Å². The topological polar surface area (TPSA) is 88.2 Å². The largest absolute Gasteiger partial charge is 0.379 e. The Morgan fingerprint density at radius 1 is 1.00 bits per heavy atom. The Morgan fingerprint density at radius 3 is 2.38 bits per heavy atom. The Kier molecular flexibility index (Phi) is 7.42. The summed E-state index contributed by atoms with van der Waals surface area (Å²) in [5.74, 6) is -0.304. The molecule has 1 saturated carbocycles. The van der Waals surface area contributed by atoms with Crippen molar-refractivity contribution in [2.24, 2.45) is 0 Å². The molecule has 0 radical (unpaired) electrons. The standard InChI is InChI=1S/C24H33N3O5/c1-2-31-19-6-8-20(9-7-19)32-21-10-13-26(14-11-21)23(29)17-4-3-5-18(16-17)27-15-12-22(28)25-24(27)30/h3-5,16,19-21H,2,6-15H2,1H3,(H,25,28,30). The molecule has 32 heavy (non-hydrogen) atoms. The fourth-order valence-corrected chi connectivity index (χ4v) is 4.84. The van der Waals surface area contributed by atoms with E-state index in [2.05, 4.69) is 5.32 Å². The summed E-state index contributed by atoms with van der Waals surface area (Å²) in [6, 6.07) is 6.63. The number of nitrogens with zero attached hydrogens (tertiary/aromatic N) is 2. The van der Waals surface area contributed by atoms with Crippen molar-refractivity contribution in [1.82, 2.24) is 10.2 Å². The number of nitrogens with one attached hydrogen (secondary N) is 1. The quantitative estimate of drug-likeness (QED) is 0.730. The molecule has 1 aromatic rings. The lowest BCUT2D eigenvalue weighted by Crippen LogP contribution is -2.49. The van der Waals surface area contributed by atoms with Gasteiger partial charge >= 0.3 is 6.03 Å². The van der Waals surface area contributed by atoms with Gasteiger partial charge in [0.25, 0.3) is 5.91 Å². The van der Waals surface area contributed by atoms with Crippen LogP contribution in [-0.4, -0.2) is 67.3 Å². The average Bonchev–Trinajstić information content (AvgIpc) is 2.81. The van der Waals surface area contributed by atoms with Crippen molar-refractivity contribution in [2.75, 3.05) is 31.1 Å². The number of carbonyl (C=O) groups is 3. The lowest BCUT2D eigenvalue weighted by molar-refractivity contribution is -0.120. The third-order valence-corrected chi connectivity index (χ3v) is 6.60.